The summed E-state index contributed by atoms with van der Waals surface area (Å²) in [7, 11) is 4.56. The molecular weight excluding hydrogens is 232 g/mol. The summed E-state index contributed by atoms with van der Waals surface area (Å²) in [6, 6.07) is 0. The molecule has 0 aliphatic rings. The van der Waals surface area contributed by atoms with Gasteiger partial charge in [-0.15, -0.1) is 0 Å². The van der Waals surface area contributed by atoms with Crippen LogP contribution in [0.3, 0.4) is 0 Å². The van der Waals surface area contributed by atoms with Crippen molar-refractivity contribution in [2.75, 3.05) is 48.0 Å². The molecule has 0 spiro atoms. The number of hydrogen-bond donors (Lipinski definition) is 5. The molecule has 0 aliphatic heterocycles. The number of nitrogens with one attached hydrogen (secondary N) is 1. The zero-order valence-corrected chi connectivity index (χ0v) is 10.5. The summed E-state index contributed by atoms with van der Waals surface area (Å²) in [6.07, 6.45) is 0. The van der Waals surface area contributed by atoms with Crippen LogP contribution in [0.2, 0.25) is 0 Å². The summed E-state index contributed by atoms with van der Waals surface area (Å²) in [5.74, 6) is 0.0573. The second-order valence-corrected chi connectivity index (χ2v) is 2.31. The summed E-state index contributed by atoms with van der Waals surface area (Å²) < 4.78 is 13.3. The lowest BCUT2D eigenvalue weighted by Crippen LogP contribution is -2.23. The summed E-state index contributed by atoms with van der Waals surface area (Å²) >= 11 is 0. The quantitative estimate of drug-likeness (QED) is 0.160. The van der Waals surface area contributed by atoms with E-state index >= 15 is 0 Å². The molecule has 106 valence electrons. The molecule has 17 heavy (non-hydrogen) atoms. The Labute approximate surface area is 101 Å². The van der Waals surface area contributed by atoms with Gasteiger partial charge in [0, 0.05) is 21.3 Å². The lowest BCUT2D eigenvalue weighted by Gasteiger charge is -1.88. The Morgan fingerprint density at radius 3 is 1.82 bits per heavy atom. The first-order valence-electron chi connectivity index (χ1n) is 4.60. The summed E-state index contributed by atoms with van der Waals surface area (Å²) in [5.41, 5.74) is 11.6. The Hall–Kier alpha value is -0.970. The minimum Gasteiger partial charge on any atom is -0.394 e. The number of aliphatic hydroxyl groups excluding tert-OH is 1. The molecule has 0 fully saturated rings. The number of guanidine groups is 1. The molecule has 0 amide bonds. The van der Waals surface area contributed by atoms with E-state index in [1.807, 2.05) is 0 Å². The lowest BCUT2D eigenvalue weighted by molar-refractivity contribution is 0.0499. The number of hydrogen-bond acceptors (Lipinski definition) is 7. The van der Waals surface area contributed by atoms with Gasteiger partial charge in [0.05, 0.1) is 13.2 Å². The van der Waals surface area contributed by atoms with Gasteiger partial charge in [-0.3, -0.25) is 0 Å². The fraction of sp³-hybridized carbons (Fsp3) is 0.875. The molecule has 0 atom stereocenters. The maximum atomic E-state index is 7.94. The van der Waals surface area contributed by atoms with Crippen molar-refractivity contribution in [2.45, 2.75) is 0 Å². The van der Waals surface area contributed by atoms with E-state index in [4.69, 9.17) is 21.8 Å². The minimum atomic E-state index is 0.0573. The van der Waals surface area contributed by atoms with Gasteiger partial charge in [0.1, 0.15) is 13.5 Å². The largest absolute Gasteiger partial charge is 0.394 e. The highest BCUT2D eigenvalue weighted by Crippen LogP contribution is 1.64. The van der Waals surface area contributed by atoms with Gasteiger partial charge in [0.25, 0.3) is 0 Å². The maximum Gasteiger partial charge on any atom is 0.188 e. The molecule has 0 aliphatic carbocycles. The zero-order valence-electron chi connectivity index (χ0n) is 10.5. The molecule has 0 aromatic carbocycles. The number of nitrogens with zero attached hydrogens (tertiary/aromatic N) is 1. The van der Waals surface area contributed by atoms with E-state index in [1.54, 1.807) is 12.6 Å². The van der Waals surface area contributed by atoms with Crippen LogP contribution in [0.5, 0.6) is 0 Å². The number of ether oxygens (including phenoxy) is 3. The molecule has 0 aromatic rings. The average molecular weight is 256 g/mol. The maximum absolute atomic E-state index is 7.94. The van der Waals surface area contributed by atoms with Gasteiger partial charge in [-0.05, 0) is 0 Å². The topological polar surface area (TPSA) is 145 Å². The fourth-order valence-electron chi connectivity index (χ4n) is 0.295. The Morgan fingerprint density at radius 2 is 1.76 bits per heavy atom. The van der Waals surface area contributed by atoms with Gasteiger partial charge < -0.3 is 36.0 Å². The van der Waals surface area contributed by atoms with Gasteiger partial charge >= 0.3 is 0 Å². The molecule has 0 radical (unpaired) electrons. The van der Waals surface area contributed by atoms with Gasteiger partial charge in [-0.1, -0.05) is 0 Å². The average Bonchev–Trinajstić information content (AvgIpc) is 2.30. The van der Waals surface area contributed by atoms with Crippen LogP contribution in [0.15, 0.2) is 4.99 Å². The van der Waals surface area contributed by atoms with E-state index in [0.717, 1.165) is 0 Å². The summed E-state index contributed by atoms with van der Waals surface area (Å²) in [6.45, 7) is 0.999. The molecule has 0 saturated carbocycles. The second-order valence-electron chi connectivity index (χ2n) is 2.31. The van der Waals surface area contributed by atoms with E-state index in [2.05, 4.69) is 19.2 Å². The van der Waals surface area contributed by atoms with E-state index in [-0.39, 0.29) is 26.0 Å². The molecular formula is C8H24N4O5. The summed E-state index contributed by atoms with van der Waals surface area (Å²) in [5, 5.41) is 15.6. The van der Waals surface area contributed by atoms with Gasteiger partial charge in [-0.2, -0.15) is 5.48 Å². The minimum absolute atomic E-state index is 0.0573. The molecule has 0 unspecified atom stereocenters. The van der Waals surface area contributed by atoms with E-state index in [0.29, 0.717) is 6.61 Å². The van der Waals surface area contributed by atoms with Gasteiger partial charge in [0.15, 0.2) is 5.96 Å². The Kier molecular flexibility index (Phi) is 30.5. The van der Waals surface area contributed by atoms with Crippen molar-refractivity contribution in [1.82, 2.24) is 5.48 Å². The third-order valence-corrected chi connectivity index (χ3v) is 0.881. The van der Waals surface area contributed by atoms with Crippen LogP contribution in [0.1, 0.15) is 0 Å². The first-order valence-corrected chi connectivity index (χ1v) is 4.60. The number of aliphatic hydroxyl groups is 1. The van der Waals surface area contributed by atoms with Crippen molar-refractivity contribution < 1.29 is 24.5 Å². The molecule has 0 heterocycles. The third-order valence-electron chi connectivity index (χ3n) is 0.881. The lowest BCUT2D eigenvalue weighted by atomic mass is 10.8. The van der Waals surface area contributed by atoms with Gasteiger partial charge in [0.2, 0.25) is 0 Å². The number of hydroxylamine groups is 1. The van der Waals surface area contributed by atoms with Crippen molar-refractivity contribution in [2.24, 2.45) is 16.5 Å². The van der Waals surface area contributed by atoms with E-state index in [1.165, 1.54) is 14.2 Å². The Morgan fingerprint density at radius 1 is 1.18 bits per heavy atom. The molecule has 7 N–H and O–H groups in total. The third kappa shape index (κ3) is 51.6. The first-order chi connectivity index (χ1) is 8.10. The second kappa shape index (κ2) is 24.3. The van der Waals surface area contributed by atoms with Crippen molar-refractivity contribution in [3.8, 4) is 0 Å². The Balaban J connectivity index is -0.000000177. The van der Waals surface area contributed by atoms with Crippen LogP contribution in [-0.4, -0.2) is 64.3 Å². The highest BCUT2D eigenvalue weighted by atomic mass is 16.5. The van der Waals surface area contributed by atoms with Crippen molar-refractivity contribution in [1.29, 1.82) is 0 Å². The van der Waals surface area contributed by atoms with Crippen molar-refractivity contribution in [3.05, 3.63) is 0 Å². The highest BCUT2D eigenvalue weighted by molar-refractivity contribution is 5.75. The smallest absolute Gasteiger partial charge is 0.188 e. The predicted molar refractivity (Wildman–Crippen MR) is 63.4 cm³/mol. The standard InChI is InChI=1S/C3H9N3O.C3H8O2.C2H7NO2/c1-7-2-6-3(4)5;1-5-3-2-4;1-5-2-3-4/h2H2,1H3,(H4,4,5,6);4H,2-3H2,1H3;3-4H,2H2,1H3. The molecule has 9 heteroatoms. The SMILES string of the molecule is COCCO.COCN=C(N)N.COCNO. The number of aliphatic imine (C=N–C) groups is 1. The monoisotopic (exact) mass is 256 g/mol. The predicted octanol–water partition coefficient (Wildman–Crippen LogP) is -1.94. The number of methoxy groups -OCH3 is 3. The molecule has 0 rings (SSSR count). The Bertz CT molecular complexity index is 134. The number of rotatable bonds is 6. The van der Waals surface area contributed by atoms with Crippen LogP contribution in [0.4, 0.5) is 0 Å². The van der Waals surface area contributed by atoms with E-state index < -0.39 is 0 Å². The number of nitrogens with two attached hydrogens (primary N) is 2. The summed E-state index contributed by atoms with van der Waals surface area (Å²) in [4.78, 5) is 3.49. The molecule has 0 bridgehead atoms. The van der Waals surface area contributed by atoms with Gasteiger partial charge in [-0.25, -0.2) is 4.99 Å². The highest BCUT2D eigenvalue weighted by Gasteiger charge is 1.73. The van der Waals surface area contributed by atoms with Crippen LogP contribution in [0, 0.1) is 0 Å². The van der Waals surface area contributed by atoms with Crippen LogP contribution in [-0.2, 0) is 14.2 Å². The van der Waals surface area contributed by atoms with Crippen molar-refractivity contribution >= 4 is 5.96 Å². The molecule has 0 saturated heterocycles. The van der Waals surface area contributed by atoms with E-state index in [9.17, 15) is 0 Å². The van der Waals surface area contributed by atoms with Crippen molar-refractivity contribution in [3.63, 3.8) is 0 Å². The first kappa shape index (κ1) is 21.3. The molecule has 9 nitrogen and oxygen atoms in total. The zero-order chi connectivity index (χ0) is 13.9. The van der Waals surface area contributed by atoms with Crippen LogP contribution >= 0.6 is 0 Å². The normalized spacial score (nSPS) is 8.29. The van der Waals surface area contributed by atoms with Crippen LogP contribution < -0.4 is 16.9 Å². The molecule has 0 aromatic heterocycles. The fourth-order valence-corrected chi connectivity index (χ4v) is 0.295. The van der Waals surface area contributed by atoms with Crippen LogP contribution in [0.25, 0.3) is 0 Å².